The molecular weight excluding hydrogens is 304 g/mol. The number of nitrogens with one attached hydrogen (secondary N) is 1. The van der Waals surface area contributed by atoms with Crippen LogP contribution in [0.2, 0.25) is 0 Å². The van der Waals surface area contributed by atoms with Crippen LogP contribution in [0, 0.1) is 5.41 Å². The number of rotatable bonds is 3. The van der Waals surface area contributed by atoms with Crippen molar-refractivity contribution in [3.05, 3.63) is 0 Å². The number of carbonyl (C=O) groups excluding carboxylic acids is 1. The molecule has 0 aromatic carbocycles. The predicted octanol–water partition coefficient (Wildman–Crippen LogP) is 3.06. The minimum Gasteiger partial charge on any atom is -0.444 e. The molecule has 0 spiro atoms. The van der Waals surface area contributed by atoms with Crippen LogP contribution in [0.5, 0.6) is 0 Å². The van der Waals surface area contributed by atoms with Gasteiger partial charge in [-0.25, -0.2) is 4.79 Å². The van der Waals surface area contributed by atoms with Crippen molar-refractivity contribution < 1.29 is 14.6 Å². The summed E-state index contributed by atoms with van der Waals surface area (Å²) in [5, 5.41) is 13.6. The first-order valence-electron chi connectivity index (χ1n) is 9.60. The minimum absolute atomic E-state index is 0.0152. The molecule has 2 aliphatic heterocycles. The standard InChI is InChI=1S/C19H34N2O3/c1-18(2,3)24-17(23)21-14-7-8-15(21)11-13(10-14)20-16-6-5-9-19(16,4)12-22/h13-16,20,22H,5-12H2,1-4H3. The summed E-state index contributed by atoms with van der Waals surface area (Å²) in [7, 11) is 0. The molecule has 3 rings (SSSR count). The number of hydrogen-bond donors (Lipinski definition) is 2. The zero-order chi connectivity index (χ0) is 17.5. The fourth-order valence-corrected chi connectivity index (χ4v) is 4.92. The van der Waals surface area contributed by atoms with Crippen LogP contribution in [0.25, 0.3) is 0 Å². The van der Waals surface area contributed by atoms with Crippen LogP contribution in [0.3, 0.4) is 0 Å². The Morgan fingerprint density at radius 1 is 1.25 bits per heavy atom. The normalized spacial score (nSPS) is 39.3. The summed E-state index contributed by atoms with van der Waals surface area (Å²) in [6.07, 6.45) is 7.49. The first-order valence-corrected chi connectivity index (χ1v) is 9.60. The number of nitrogens with zero attached hydrogens (tertiary/aromatic N) is 1. The van der Waals surface area contributed by atoms with E-state index in [1.807, 2.05) is 25.7 Å². The lowest BCUT2D eigenvalue weighted by Gasteiger charge is -2.42. The van der Waals surface area contributed by atoms with Crippen molar-refractivity contribution in [2.75, 3.05) is 6.61 Å². The molecule has 0 aromatic heterocycles. The van der Waals surface area contributed by atoms with E-state index in [-0.39, 0.29) is 18.1 Å². The number of piperidine rings is 1. The van der Waals surface area contributed by atoms with Crippen LogP contribution in [-0.4, -0.2) is 52.5 Å². The molecule has 3 fully saturated rings. The molecule has 1 amide bonds. The number of hydrogen-bond acceptors (Lipinski definition) is 4. The van der Waals surface area contributed by atoms with E-state index < -0.39 is 5.60 Å². The number of aliphatic hydroxyl groups is 1. The van der Waals surface area contributed by atoms with E-state index in [0.717, 1.165) is 38.5 Å². The summed E-state index contributed by atoms with van der Waals surface area (Å²) >= 11 is 0. The van der Waals surface area contributed by atoms with Crippen LogP contribution < -0.4 is 5.32 Å². The Balaban J connectivity index is 1.60. The van der Waals surface area contributed by atoms with Gasteiger partial charge in [-0.2, -0.15) is 0 Å². The van der Waals surface area contributed by atoms with Gasteiger partial charge in [-0.3, -0.25) is 0 Å². The number of fused-ring (bicyclic) bond motifs is 2. The van der Waals surface area contributed by atoms with E-state index in [2.05, 4.69) is 12.2 Å². The Morgan fingerprint density at radius 2 is 1.88 bits per heavy atom. The summed E-state index contributed by atoms with van der Waals surface area (Å²) in [6, 6.07) is 1.46. The Labute approximate surface area is 146 Å². The Morgan fingerprint density at radius 3 is 2.42 bits per heavy atom. The topological polar surface area (TPSA) is 61.8 Å². The highest BCUT2D eigenvalue weighted by Gasteiger charge is 2.46. The fraction of sp³-hybridized carbons (Fsp3) is 0.947. The molecule has 2 bridgehead atoms. The number of aliphatic hydroxyl groups excluding tert-OH is 1. The summed E-state index contributed by atoms with van der Waals surface area (Å²) in [5.41, 5.74) is -0.417. The lowest BCUT2D eigenvalue weighted by atomic mass is 9.84. The molecule has 2 heterocycles. The van der Waals surface area contributed by atoms with Gasteiger partial charge in [-0.15, -0.1) is 0 Å². The number of carbonyl (C=O) groups is 1. The molecule has 24 heavy (non-hydrogen) atoms. The van der Waals surface area contributed by atoms with Gasteiger partial charge in [-0.1, -0.05) is 13.3 Å². The van der Waals surface area contributed by atoms with Crippen molar-refractivity contribution in [2.45, 2.75) is 102 Å². The quantitative estimate of drug-likeness (QED) is 0.830. The largest absolute Gasteiger partial charge is 0.444 e. The Bertz CT molecular complexity index is 462. The van der Waals surface area contributed by atoms with E-state index in [1.54, 1.807) is 0 Å². The lowest BCUT2D eigenvalue weighted by molar-refractivity contribution is 0.00302. The third kappa shape index (κ3) is 3.57. The third-order valence-corrected chi connectivity index (χ3v) is 6.22. The highest BCUT2D eigenvalue weighted by atomic mass is 16.6. The van der Waals surface area contributed by atoms with E-state index in [1.165, 1.54) is 6.42 Å². The monoisotopic (exact) mass is 338 g/mol. The minimum atomic E-state index is -0.432. The van der Waals surface area contributed by atoms with Crippen molar-refractivity contribution in [2.24, 2.45) is 5.41 Å². The highest BCUT2D eigenvalue weighted by Crippen LogP contribution is 2.41. The van der Waals surface area contributed by atoms with Gasteiger partial charge in [0, 0.05) is 36.2 Å². The molecule has 4 unspecified atom stereocenters. The molecule has 0 aromatic rings. The predicted molar refractivity (Wildman–Crippen MR) is 93.9 cm³/mol. The first kappa shape index (κ1) is 18.0. The van der Waals surface area contributed by atoms with Crippen molar-refractivity contribution in [1.29, 1.82) is 0 Å². The molecule has 1 saturated carbocycles. The van der Waals surface area contributed by atoms with Gasteiger partial charge < -0.3 is 20.1 Å². The Kier molecular flexibility index (Phi) is 4.86. The van der Waals surface area contributed by atoms with Crippen LogP contribution in [-0.2, 0) is 4.74 Å². The van der Waals surface area contributed by atoms with Gasteiger partial charge in [0.05, 0.1) is 0 Å². The number of amides is 1. The summed E-state index contributed by atoms with van der Waals surface area (Å²) in [4.78, 5) is 14.5. The molecule has 4 atom stereocenters. The number of ether oxygens (including phenoxy) is 1. The maximum Gasteiger partial charge on any atom is 0.410 e. The molecular formula is C19H34N2O3. The van der Waals surface area contributed by atoms with Gasteiger partial charge >= 0.3 is 6.09 Å². The van der Waals surface area contributed by atoms with E-state index in [9.17, 15) is 9.90 Å². The highest BCUT2D eigenvalue weighted by molar-refractivity contribution is 5.69. The van der Waals surface area contributed by atoms with Gasteiger partial charge in [0.1, 0.15) is 5.60 Å². The molecule has 2 N–H and O–H groups in total. The molecule has 0 radical (unpaired) electrons. The van der Waals surface area contributed by atoms with E-state index in [4.69, 9.17) is 4.74 Å². The zero-order valence-electron chi connectivity index (χ0n) is 15.7. The van der Waals surface area contributed by atoms with E-state index in [0.29, 0.717) is 24.2 Å². The van der Waals surface area contributed by atoms with Gasteiger partial charge in [0.2, 0.25) is 0 Å². The van der Waals surface area contributed by atoms with Crippen LogP contribution in [0.4, 0.5) is 4.79 Å². The third-order valence-electron chi connectivity index (χ3n) is 6.22. The molecule has 5 nitrogen and oxygen atoms in total. The molecule has 5 heteroatoms. The van der Waals surface area contributed by atoms with Gasteiger partial charge in [0.15, 0.2) is 0 Å². The van der Waals surface area contributed by atoms with Crippen molar-refractivity contribution >= 4 is 6.09 Å². The maximum absolute atomic E-state index is 12.5. The Hall–Kier alpha value is -0.810. The summed E-state index contributed by atoms with van der Waals surface area (Å²) in [5.74, 6) is 0. The SMILES string of the molecule is CC(C)(C)OC(=O)N1C2CCC1CC(NC1CCCC1(C)CO)C2. The van der Waals surface area contributed by atoms with Crippen molar-refractivity contribution in [3.8, 4) is 0 Å². The summed E-state index contributed by atoms with van der Waals surface area (Å²) in [6.45, 7) is 8.24. The summed E-state index contributed by atoms with van der Waals surface area (Å²) < 4.78 is 5.61. The van der Waals surface area contributed by atoms with Crippen molar-refractivity contribution in [1.82, 2.24) is 10.2 Å². The molecule has 3 aliphatic rings. The van der Waals surface area contributed by atoms with Crippen LogP contribution in [0.1, 0.15) is 72.6 Å². The van der Waals surface area contributed by atoms with Crippen LogP contribution in [0.15, 0.2) is 0 Å². The average Bonchev–Trinajstić information content (AvgIpc) is 2.97. The average molecular weight is 338 g/mol. The smallest absolute Gasteiger partial charge is 0.410 e. The van der Waals surface area contributed by atoms with Gasteiger partial charge in [-0.05, 0) is 59.3 Å². The zero-order valence-corrected chi connectivity index (χ0v) is 15.7. The fourth-order valence-electron chi connectivity index (χ4n) is 4.92. The van der Waals surface area contributed by atoms with Gasteiger partial charge in [0.25, 0.3) is 0 Å². The van der Waals surface area contributed by atoms with Crippen molar-refractivity contribution in [3.63, 3.8) is 0 Å². The second kappa shape index (κ2) is 6.49. The molecule has 1 aliphatic carbocycles. The second-order valence-electron chi connectivity index (χ2n) is 9.36. The molecule has 138 valence electrons. The molecule has 2 saturated heterocycles. The maximum atomic E-state index is 12.5. The van der Waals surface area contributed by atoms with Crippen LogP contribution >= 0.6 is 0 Å². The second-order valence-corrected chi connectivity index (χ2v) is 9.36. The first-order chi connectivity index (χ1) is 11.2. The lowest BCUT2D eigenvalue weighted by Crippen LogP contribution is -2.55. The van der Waals surface area contributed by atoms with E-state index >= 15 is 0 Å².